The molecule has 1 heterocycles. The Labute approximate surface area is 116 Å². The van der Waals surface area contributed by atoms with E-state index in [9.17, 15) is 9.18 Å². The Balaban J connectivity index is 2.12. The van der Waals surface area contributed by atoms with Gasteiger partial charge in [-0.2, -0.15) is 5.10 Å². The van der Waals surface area contributed by atoms with Crippen molar-refractivity contribution < 1.29 is 9.18 Å². The number of benzene rings is 1. The first kappa shape index (κ1) is 13.9. The number of pyridine rings is 1. The fourth-order valence-corrected chi connectivity index (χ4v) is 1.67. The van der Waals surface area contributed by atoms with Crippen molar-refractivity contribution in [1.82, 2.24) is 10.4 Å². The van der Waals surface area contributed by atoms with Crippen LogP contribution in [-0.2, 0) is 0 Å². The van der Waals surface area contributed by atoms with Crippen molar-refractivity contribution in [2.24, 2.45) is 5.10 Å². The SMILES string of the molecule is CC/C(=N\NC(=O)c1cccnc1)c1ccc(F)cc1. The Morgan fingerprint density at radius 2 is 2.00 bits per heavy atom. The van der Waals surface area contributed by atoms with Crippen molar-refractivity contribution >= 4 is 11.6 Å². The van der Waals surface area contributed by atoms with Crippen LogP contribution in [0.5, 0.6) is 0 Å². The quantitative estimate of drug-likeness (QED) is 0.686. The zero-order valence-electron chi connectivity index (χ0n) is 11.0. The lowest BCUT2D eigenvalue weighted by molar-refractivity contribution is 0.0954. The maximum absolute atomic E-state index is 12.9. The van der Waals surface area contributed by atoms with Gasteiger partial charge in [0.2, 0.25) is 0 Å². The molecule has 1 aromatic heterocycles. The van der Waals surface area contributed by atoms with Crippen molar-refractivity contribution in [2.45, 2.75) is 13.3 Å². The maximum atomic E-state index is 12.9. The molecule has 0 bridgehead atoms. The number of carbonyl (C=O) groups excluding carboxylic acids is 1. The minimum absolute atomic E-state index is 0.302. The van der Waals surface area contributed by atoms with E-state index < -0.39 is 0 Å². The molecule has 2 rings (SSSR count). The number of nitrogens with zero attached hydrogens (tertiary/aromatic N) is 2. The summed E-state index contributed by atoms with van der Waals surface area (Å²) in [6, 6.07) is 9.33. The number of carbonyl (C=O) groups is 1. The third kappa shape index (κ3) is 3.47. The highest BCUT2D eigenvalue weighted by Gasteiger charge is 2.06. The molecule has 20 heavy (non-hydrogen) atoms. The average molecular weight is 271 g/mol. The molecule has 0 saturated heterocycles. The lowest BCUT2D eigenvalue weighted by Crippen LogP contribution is -2.20. The van der Waals surface area contributed by atoms with Crippen LogP contribution in [0.1, 0.15) is 29.3 Å². The van der Waals surface area contributed by atoms with E-state index in [-0.39, 0.29) is 11.7 Å². The summed E-state index contributed by atoms with van der Waals surface area (Å²) in [6.45, 7) is 1.92. The Morgan fingerprint density at radius 1 is 1.25 bits per heavy atom. The summed E-state index contributed by atoms with van der Waals surface area (Å²) >= 11 is 0. The van der Waals surface area contributed by atoms with Gasteiger partial charge in [-0.1, -0.05) is 19.1 Å². The largest absolute Gasteiger partial charge is 0.272 e. The normalized spacial score (nSPS) is 11.2. The van der Waals surface area contributed by atoms with E-state index in [1.165, 1.54) is 18.3 Å². The minimum Gasteiger partial charge on any atom is -0.267 e. The van der Waals surface area contributed by atoms with Gasteiger partial charge in [-0.15, -0.1) is 0 Å². The molecular formula is C15H14FN3O. The molecule has 1 N–H and O–H groups in total. The maximum Gasteiger partial charge on any atom is 0.272 e. The number of rotatable bonds is 4. The number of hydrogen-bond donors (Lipinski definition) is 1. The van der Waals surface area contributed by atoms with Gasteiger partial charge in [0, 0.05) is 12.4 Å². The first-order chi connectivity index (χ1) is 9.70. The molecule has 0 saturated carbocycles. The van der Waals surface area contributed by atoms with Gasteiger partial charge in [0.05, 0.1) is 11.3 Å². The van der Waals surface area contributed by atoms with E-state index in [4.69, 9.17) is 0 Å². The smallest absolute Gasteiger partial charge is 0.267 e. The third-order valence-corrected chi connectivity index (χ3v) is 2.73. The molecule has 0 atom stereocenters. The summed E-state index contributed by atoms with van der Waals surface area (Å²) < 4.78 is 12.9. The first-order valence-electron chi connectivity index (χ1n) is 6.23. The van der Waals surface area contributed by atoms with Crippen LogP contribution in [0.3, 0.4) is 0 Å². The highest BCUT2D eigenvalue weighted by atomic mass is 19.1. The molecule has 2 aromatic rings. The van der Waals surface area contributed by atoms with E-state index in [0.717, 1.165) is 5.56 Å². The van der Waals surface area contributed by atoms with Gasteiger partial charge < -0.3 is 0 Å². The molecule has 0 spiro atoms. The van der Waals surface area contributed by atoms with Crippen LogP contribution < -0.4 is 5.43 Å². The molecule has 1 amide bonds. The Kier molecular flexibility index (Phi) is 4.55. The summed E-state index contributed by atoms with van der Waals surface area (Å²) in [7, 11) is 0. The topological polar surface area (TPSA) is 54.4 Å². The van der Waals surface area contributed by atoms with E-state index in [1.807, 2.05) is 6.92 Å². The fraction of sp³-hybridized carbons (Fsp3) is 0.133. The van der Waals surface area contributed by atoms with E-state index in [1.54, 1.807) is 30.5 Å². The van der Waals surface area contributed by atoms with Gasteiger partial charge >= 0.3 is 0 Å². The number of nitrogens with one attached hydrogen (secondary N) is 1. The van der Waals surface area contributed by atoms with Crippen LogP contribution in [0.15, 0.2) is 53.9 Å². The zero-order chi connectivity index (χ0) is 14.4. The number of hydrazone groups is 1. The Hall–Kier alpha value is -2.56. The Morgan fingerprint density at radius 3 is 2.60 bits per heavy atom. The zero-order valence-corrected chi connectivity index (χ0v) is 11.0. The van der Waals surface area contributed by atoms with Crippen LogP contribution in [0.25, 0.3) is 0 Å². The molecule has 0 unspecified atom stereocenters. The number of halogens is 1. The Bertz CT molecular complexity index is 609. The van der Waals surface area contributed by atoms with Gasteiger partial charge in [-0.25, -0.2) is 9.82 Å². The summed E-state index contributed by atoms with van der Waals surface area (Å²) in [5.41, 5.74) is 4.38. The second-order valence-corrected chi connectivity index (χ2v) is 4.10. The average Bonchev–Trinajstić information content (AvgIpc) is 2.50. The van der Waals surface area contributed by atoms with E-state index in [0.29, 0.717) is 17.7 Å². The van der Waals surface area contributed by atoms with Crippen LogP contribution in [-0.4, -0.2) is 16.6 Å². The highest BCUT2D eigenvalue weighted by Crippen LogP contribution is 2.06. The molecule has 0 radical (unpaired) electrons. The first-order valence-corrected chi connectivity index (χ1v) is 6.23. The number of amides is 1. The minimum atomic E-state index is -0.328. The predicted molar refractivity (Wildman–Crippen MR) is 74.9 cm³/mol. The van der Waals surface area contributed by atoms with Crippen LogP contribution in [0.4, 0.5) is 4.39 Å². The van der Waals surface area contributed by atoms with Crippen molar-refractivity contribution in [3.05, 3.63) is 65.7 Å². The predicted octanol–water partition coefficient (Wildman–Crippen LogP) is 2.76. The number of aromatic nitrogens is 1. The van der Waals surface area contributed by atoms with Crippen LogP contribution in [0.2, 0.25) is 0 Å². The second kappa shape index (κ2) is 6.56. The summed E-state index contributed by atoms with van der Waals surface area (Å²) in [4.78, 5) is 15.7. The van der Waals surface area contributed by atoms with Crippen molar-refractivity contribution in [3.8, 4) is 0 Å². The standard InChI is InChI=1S/C15H14FN3O/c1-2-14(11-5-7-13(16)8-6-11)18-19-15(20)12-4-3-9-17-10-12/h3-10H,2H2,1H3,(H,19,20)/b18-14+. The number of hydrogen-bond acceptors (Lipinski definition) is 3. The van der Waals surface area contributed by atoms with Gasteiger partial charge in [0.1, 0.15) is 5.82 Å². The molecule has 0 aliphatic carbocycles. The highest BCUT2D eigenvalue weighted by molar-refractivity contribution is 6.02. The second-order valence-electron chi connectivity index (χ2n) is 4.10. The molecule has 4 nitrogen and oxygen atoms in total. The van der Waals surface area contributed by atoms with Gasteiger partial charge in [0.15, 0.2) is 0 Å². The summed E-state index contributed by atoms with van der Waals surface area (Å²) in [5, 5.41) is 4.09. The summed E-state index contributed by atoms with van der Waals surface area (Å²) in [6.07, 6.45) is 3.68. The van der Waals surface area contributed by atoms with Crippen molar-refractivity contribution in [3.63, 3.8) is 0 Å². The van der Waals surface area contributed by atoms with E-state index >= 15 is 0 Å². The van der Waals surface area contributed by atoms with Crippen molar-refractivity contribution in [1.29, 1.82) is 0 Å². The lowest BCUT2D eigenvalue weighted by Gasteiger charge is -2.05. The molecule has 1 aromatic carbocycles. The van der Waals surface area contributed by atoms with Crippen LogP contribution in [0, 0.1) is 5.82 Å². The van der Waals surface area contributed by atoms with Gasteiger partial charge in [0.25, 0.3) is 5.91 Å². The molecule has 0 aliphatic rings. The molecule has 0 fully saturated rings. The molecular weight excluding hydrogens is 257 g/mol. The monoisotopic (exact) mass is 271 g/mol. The van der Waals surface area contributed by atoms with Gasteiger partial charge in [-0.05, 0) is 36.2 Å². The lowest BCUT2D eigenvalue weighted by atomic mass is 10.1. The van der Waals surface area contributed by atoms with Crippen LogP contribution >= 0.6 is 0 Å². The fourth-order valence-electron chi connectivity index (χ4n) is 1.67. The van der Waals surface area contributed by atoms with Crippen molar-refractivity contribution in [2.75, 3.05) is 0 Å². The molecule has 5 heteroatoms. The van der Waals surface area contributed by atoms with E-state index in [2.05, 4.69) is 15.5 Å². The van der Waals surface area contributed by atoms with Gasteiger partial charge in [-0.3, -0.25) is 9.78 Å². The molecule has 102 valence electrons. The summed E-state index contributed by atoms with van der Waals surface area (Å²) in [5.74, 6) is -0.630. The molecule has 0 aliphatic heterocycles. The third-order valence-electron chi connectivity index (χ3n) is 2.73.